The monoisotopic (exact) mass is 907 g/mol. The molecule has 4 aliphatic rings. The summed E-state index contributed by atoms with van der Waals surface area (Å²) in [6, 6.07) is 18.9. The van der Waals surface area contributed by atoms with Gasteiger partial charge in [0, 0.05) is 98.6 Å². The molecule has 9 rings (SSSR count). The summed E-state index contributed by atoms with van der Waals surface area (Å²) in [5.41, 5.74) is 5.48. The molecule has 2 amide bonds. The molecule has 64 heavy (non-hydrogen) atoms. The molecule has 3 aliphatic heterocycles. The Morgan fingerprint density at radius 2 is 1.84 bits per heavy atom. The maximum Gasteiger partial charge on any atom is 0.277 e. The van der Waals surface area contributed by atoms with Crippen LogP contribution in [0.3, 0.4) is 0 Å². The van der Waals surface area contributed by atoms with Crippen LogP contribution in [0, 0.1) is 21.4 Å². The summed E-state index contributed by atoms with van der Waals surface area (Å²) in [6.45, 7) is 9.73. The van der Waals surface area contributed by atoms with Crippen molar-refractivity contribution in [2.75, 3.05) is 57.3 Å². The number of ether oxygens (including phenoxy) is 2. The molecule has 5 heterocycles. The number of rotatable bonds is 12. The van der Waals surface area contributed by atoms with Crippen molar-refractivity contribution in [2.24, 2.45) is 11.3 Å². The first-order valence-electron chi connectivity index (χ1n) is 21.7. The van der Waals surface area contributed by atoms with E-state index in [0.29, 0.717) is 44.0 Å². The van der Waals surface area contributed by atoms with Gasteiger partial charge in [0.15, 0.2) is 0 Å². The van der Waals surface area contributed by atoms with Crippen LogP contribution in [0.5, 0.6) is 17.2 Å². The number of hydrogen-bond acceptors (Lipinski definition) is 11. The second-order valence-corrected chi connectivity index (χ2v) is 20.1. The van der Waals surface area contributed by atoms with Crippen LogP contribution in [0.2, 0.25) is 5.02 Å². The minimum absolute atomic E-state index is 0.0367. The number of aromatic nitrogens is 2. The van der Waals surface area contributed by atoms with Gasteiger partial charge in [-0.1, -0.05) is 43.2 Å². The van der Waals surface area contributed by atoms with Crippen molar-refractivity contribution >= 4 is 61.4 Å². The molecule has 0 saturated carbocycles. The zero-order valence-electron chi connectivity index (χ0n) is 35.8. The molecule has 17 heteroatoms. The van der Waals surface area contributed by atoms with Gasteiger partial charge in [0.05, 0.1) is 33.7 Å². The number of nitro groups is 1. The number of sulfonamides is 1. The lowest BCUT2D eigenvalue weighted by atomic mass is 9.72. The number of nitro benzene ring substituents is 1. The van der Waals surface area contributed by atoms with E-state index in [1.807, 2.05) is 18.2 Å². The molecule has 0 bridgehead atoms. The van der Waals surface area contributed by atoms with Crippen molar-refractivity contribution in [3.8, 4) is 17.2 Å². The Labute approximate surface area is 376 Å². The van der Waals surface area contributed by atoms with E-state index < -0.39 is 31.4 Å². The van der Waals surface area contributed by atoms with Gasteiger partial charge in [-0.2, -0.15) is 0 Å². The largest absolute Gasteiger partial charge is 0.493 e. The second kappa shape index (κ2) is 17.5. The number of halogens is 1. The molecule has 0 unspecified atom stereocenters. The predicted octanol–water partition coefficient (Wildman–Crippen LogP) is 7.99. The zero-order valence-corrected chi connectivity index (χ0v) is 37.3. The van der Waals surface area contributed by atoms with Gasteiger partial charge in [-0.3, -0.25) is 24.6 Å². The Bertz CT molecular complexity index is 2780. The third-order valence-electron chi connectivity index (χ3n) is 12.9. The van der Waals surface area contributed by atoms with Gasteiger partial charge < -0.3 is 24.3 Å². The van der Waals surface area contributed by atoms with E-state index in [4.69, 9.17) is 21.1 Å². The Morgan fingerprint density at radius 3 is 2.59 bits per heavy atom. The molecular formula is C47H50ClN7O8S. The fourth-order valence-electron chi connectivity index (χ4n) is 9.36. The molecule has 334 valence electrons. The van der Waals surface area contributed by atoms with Crippen LogP contribution in [0.4, 0.5) is 11.4 Å². The molecule has 0 spiro atoms. The zero-order chi connectivity index (χ0) is 44.8. The highest BCUT2D eigenvalue weighted by molar-refractivity contribution is 7.90. The van der Waals surface area contributed by atoms with Crippen LogP contribution in [0.15, 0.2) is 89.6 Å². The molecule has 3 aromatic carbocycles. The Hall–Kier alpha value is -5.97. The van der Waals surface area contributed by atoms with Gasteiger partial charge in [-0.15, -0.1) is 0 Å². The summed E-state index contributed by atoms with van der Waals surface area (Å²) >= 11 is 6.24. The molecule has 15 nitrogen and oxygen atoms in total. The lowest BCUT2D eigenvalue weighted by Crippen LogP contribution is -2.47. The molecular weight excluding hydrogens is 858 g/mol. The van der Waals surface area contributed by atoms with Gasteiger partial charge in [-0.25, -0.2) is 18.1 Å². The average molecular weight is 908 g/mol. The third-order valence-corrected chi connectivity index (χ3v) is 14.4. The summed E-state index contributed by atoms with van der Waals surface area (Å²) in [6.07, 6.45) is 7.90. The average Bonchev–Trinajstić information content (AvgIpc) is 3.92. The number of allylic oxidation sites excluding steroid dienone is 1. The smallest absolute Gasteiger partial charge is 0.277 e. The van der Waals surface area contributed by atoms with Gasteiger partial charge in [0.1, 0.15) is 22.9 Å². The minimum atomic E-state index is -4.66. The van der Waals surface area contributed by atoms with Crippen LogP contribution in [0.25, 0.3) is 16.6 Å². The number of H-pyrrole nitrogens is 1. The van der Waals surface area contributed by atoms with Gasteiger partial charge in [-0.05, 0) is 85.1 Å². The summed E-state index contributed by atoms with van der Waals surface area (Å²) in [5.74, 6) is -0.660. The minimum Gasteiger partial charge on any atom is -0.493 e. The van der Waals surface area contributed by atoms with Crippen LogP contribution in [0.1, 0.15) is 67.4 Å². The number of aromatic amines is 1. The van der Waals surface area contributed by atoms with E-state index in [1.54, 1.807) is 29.3 Å². The highest BCUT2D eigenvalue weighted by atomic mass is 35.5. The molecule has 0 radical (unpaired) electrons. The number of benzene rings is 3. The van der Waals surface area contributed by atoms with E-state index in [0.717, 1.165) is 67.5 Å². The van der Waals surface area contributed by atoms with Gasteiger partial charge in [0.2, 0.25) is 5.91 Å². The highest BCUT2D eigenvalue weighted by Crippen LogP contribution is 2.44. The highest BCUT2D eigenvalue weighted by Gasteiger charge is 2.35. The standard InChI is InChI=1S/C47H50ClN7O8S/c1-47(2)13-11-33(40(25-47)31-5-7-34(48)8-6-31)28-52-16-18-53(19-17-52)35-9-10-38(43(22-35)63-36-21-32-12-14-49-45(32)50-26-36)46(57)51-64(60,61)37-23-41(55(58)59)39-20-30(29-62-42(39)24-37)27-54-15-3-4-44(54)56/h5-10,12,14,21-24,26,30H,3-4,11,13,15-20,25,27-29H2,1-2H3,(H,49,50)(H,51,57)/t30-/m1/s1. The third kappa shape index (κ3) is 9.31. The Balaban J connectivity index is 0.942. The van der Waals surface area contributed by atoms with Crippen LogP contribution >= 0.6 is 11.6 Å². The maximum absolute atomic E-state index is 14.0. The van der Waals surface area contributed by atoms with Crippen molar-refractivity contribution in [1.82, 2.24) is 24.5 Å². The van der Waals surface area contributed by atoms with Crippen molar-refractivity contribution in [3.05, 3.63) is 117 Å². The topological polar surface area (TPSA) is 180 Å². The molecule has 2 saturated heterocycles. The maximum atomic E-state index is 14.0. The molecule has 2 fully saturated rings. The van der Waals surface area contributed by atoms with Gasteiger partial charge in [0.25, 0.3) is 21.6 Å². The van der Waals surface area contributed by atoms with Crippen LogP contribution in [-0.2, 0) is 21.2 Å². The van der Waals surface area contributed by atoms with E-state index in [1.165, 1.54) is 35.0 Å². The van der Waals surface area contributed by atoms with Crippen molar-refractivity contribution in [1.29, 1.82) is 0 Å². The number of amides is 2. The molecule has 1 aliphatic carbocycles. The normalized spacial score (nSPS) is 19.1. The lowest BCUT2D eigenvalue weighted by molar-refractivity contribution is -0.386. The molecule has 1 atom stereocenters. The summed E-state index contributed by atoms with van der Waals surface area (Å²) < 4.78 is 42.1. The molecule has 5 aromatic rings. The number of anilines is 1. The lowest BCUT2D eigenvalue weighted by Gasteiger charge is -2.39. The van der Waals surface area contributed by atoms with Crippen molar-refractivity contribution in [2.45, 2.75) is 57.3 Å². The quantitative estimate of drug-likeness (QED) is 0.0915. The first-order valence-corrected chi connectivity index (χ1v) is 23.5. The number of nitrogens with one attached hydrogen (secondary N) is 2. The Morgan fingerprint density at radius 1 is 1.05 bits per heavy atom. The number of hydrogen-bond donors (Lipinski definition) is 2. The number of piperazine rings is 1. The van der Waals surface area contributed by atoms with Gasteiger partial charge >= 0.3 is 0 Å². The summed E-state index contributed by atoms with van der Waals surface area (Å²) in [7, 11) is -4.66. The van der Waals surface area contributed by atoms with E-state index >= 15 is 0 Å². The van der Waals surface area contributed by atoms with E-state index in [2.05, 4.69) is 50.5 Å². The molecule has 2 aromatic heterocycles. The SMILES string of the molecule is CC1(C)CCC(CN2CCN(c3ccc(C(=O)NS(=O)(=O)c4cc5c(c([N+](=O)[O-])c4)C[C@H](CN4CCCC4=O)CO5)c(Oc4cnc5[nH]ccc5c4)c3)CC2)=C(c2ccc(Cl)cc2)C1. The first-order chi connectivity index (χ1) is 30.7. The van der Waals surface area contributed by atoms with E-state index in [-0.39, 0.29) is 52.9 Å². The number of fused-ring (bicyclic) bond motifs is 2. The number of pyridine rings is 1. The fourth-order valence-corrected chi connectivity index (χ4v) is 10.5. The number of likely N-dealkylation sites (tertiary alicyclic amines) is 1. The van der Waals surface area contributed by atoms with Crippen LogP contribution in [-0.4, -0.2) is 97.3 Å². The second-order valence-electron chi connectivity index (χ2n) is 18.0. The number of carbonyl (C=O) groups excluding carboxylic acids is 2. The number of carbonyl (C=O) groups is 2. The van der Waals surface area contributed by atoms with Crippen molar-refractivity contribution in [3.63, 3.8) is 0 Å². The summed E-state index contributed by atoms with van der Waals surface area (Å²) in [4.78, 5) is 51.3. The van der Waals surface area contributed by atoms with Crippen molar-refractivity contribution < 1.29 is 32.4 Å². The fraction of sp³-hybridized carbons (Fsp3) is 0.383. The number of nitrogens with zero attached hydrogens (tertiary/aromatic N) is 5. The predicted molar refractivity (Wildman–Crippen MR) is 244 cm³/mol. The molecule has 2 N–H and O–H groups in total. The first kappa shape index (κ1) is 43.3. The summed E-state index contributed by atoms with van der Waals surface area (Å²) in [5, 5.41) is 13.8. The Kier molecular flexibility index (Phi) is 11.9. The van der Waals surface area contributed by atoms with Crippen LogP contribution < -0.4 is 19.1 Å². The van der Waals surface area contributed by atoms with E-state index in [9.17, 15) is 28.1 Å².